The Bertz CT molecular complexity index is 856. The molecule has 6 nitrogen and oxygen atoms in total. The molecular weight excluding hydrogens is 364 g/mol. The van der Waals surface area contributed by atoms with Gasteiger partial charge in [0, 0.05) is 43.9 Å². The third kappa shape index (κ3) is 6.82. The van der Waals surface area contributed by atoms with E-state index in [0.29, 0.717) is 18.7 Å². The van der Waals surface area contributed by atoms with Gasteiger partial charge in [-0.2, -0.15) is 0 Å². The van der Waals surface area contributed by atoms with Crippen molar-refractivity contribution in [2.45, 2.75) is 39.4 Å². The molecule has 2 rings (SSSR count). The summed E-state index contributed by atoms with van der Waals surface area (Å²) in [5.74, 6) is 1.55. The van der Waals surface area contributed by atoms with Crippen molar-refractivity contribution in [1.82, 2.24) is 15.5 Å². The Hall–Kier alpha value is -3.02. The third-order valence-electron chi connectivity index (χ3n) is 4.30. The van der Waals surface area contributed by atoms with Gasteiger partial charge >= 0.3 is 0 Å². The first-order valence-corrected chi connectivity index (χ1v) is 9.68. The van der Waals surface area contributed by atoms with E-state index in [1.165, 1.54) is 0 Å². The number of rotatable bonds is 6. The average molecular weight is 397 g/mol. The molecule has 0 aliphatic carbocycles. The van der Waals surface area contributed by atoms with Crippen molar-refractivity contribution in [1.29, 1.82) is 0 Å². The molecule has 0 atom stereocenters. The lowest BCUT2D eigenvalue weighted by Crippen LogP contribution is -2.40. The Morgan fingerprint density at radius 1 is 1.14 bits per heavy atom. The number of guanidine groups is 1. The molecule has 2 N–H and O–H groups in total. The predicted molar refractivity (Wildman–Crippen MR) is 118 cm³/mol. The molecule has 0 radical (unpaired) electrons. The molecular formula is C23H32N4O2. The van der Waals surface area contributed by atoms with Crippen LogP contribution in [0.3, 0.4) is 0 Å². The van der Waals surface area contributed by atoms with Crippen molar-refractivity contribution in [3.8, 4) is 5.75 Å². The number of hydrogen-bond acceptors (Lipinski definition) is 3. The Kier molecular flexibility index (Phi) is 7.65. The van der Waals surface area contributed by atoms with Gasteiger partial charge < -0.3 is 20.3 Å². The molecule has 0 bridgehead atoms. The summed E-state index contributed by atoms with van der Waals surface area (Å²) in [4.78, 5) is 18.8. The van der Waals surface area contributed by atoms with Crippen LogP contribution in [0, 0.1) is 0 Å². The lowest BCUT2D eigenvalue weighted by Gasteiger charge is -2.23. The first-order chi connectivity index (χ1) is 13.7. The van der Waals surface area contributed by atoms with Crippen molar-refractivity contribution >= 4 is 11.9 Å². The number of nitrogens with zero attached hydrogens (tertiary/aromatic N) is 2. The van der Waals surface area contributed by atoms with Crippen LogP contribution < -0.4 is 15.4 Å². The molecule has 0 aliphatic heterocycles. The van der Waals surface area contributed by atoms with E-state index >= 15 is 0 Å². The monoisotopic (exact) mass is 396 g/mol. The number of para-hydroxylation sites is 1. The zero-order valence-electron chi connectivity index (χ0n) is 18.2. The van der Waals surface area contributed by atoms with Crippen molar-refractivity contribution < 1.29 is 9.53 Å². The van der Waals surface area contributed by atoms with E-state index in [-0.39, 0.29) is 11.4 Å². The van der Waals surface area contributed by atoms with E-state index in [1.54, 1.807) is 14.2 Å². The average Bonchev–Trinajstić information content (AvgIpc) is 2.68. The molecule has 0 aliphatic rings. The van der Waals surface area contributed by atoms with Gasteiger partial charge in [-0.15, -0.1) is 0 Å². The van der Waals surface area contributed by atoms with Crippen LogP contribution in [0.1, 0.15) is 42.3 Å². The molecule has 0 unspecified atom stereocenters. The number of benzene rings is 2. The topological polar surface area (TPSA) is 66.0 Å². The van der Waals surface area contributed by atoms with Gasteiger partial charge in [-0.3, -0.25) is 9.79 Å². The highest BCUT2D eigenvalue weighted by atomic mass is 16.5. The maximum Gasteiger partial charge on any atom is 0.251 e. The van der Waals surface area contributed by atoms with Crippen LogP contribution in [-0.4, -0.2) is 43.5 Å². The minimum Gasteiger partial charge on any atom is -0.496 e. The molecule has 1 amide bonds. The minimum absolute atomic E-state index is 0.0722. The smallest absolute Gasteiger partial charge is 0.251 e. The van der Waals surface area contributed by atoms with Gasteiger partial charge in [0.05, 0.1) is 7.11 Å². The Balaban J connectivity index is 2.02. The summed E-state index contributed by atoms with van der Waals surface area (Å²) in [6, 6.07) is 15.6. The fourth-order valence-corrected chi connectivity index (χ4v) is 2.97. The molecule has 6 heteroatoms. The maximum absolute atomic E-state index is 12.4. The lowest BCUT2D eigenvalue weighted by atomic mass is 10.1. The molecule has 0 spiro atoms. The molecule has 2 aromatic carbocycles. The fourth-order valence-electron chi connectivity index (χ4n) is 2.97. The predicted octanol–water partition coefficient (Wildman–Crippen LogP) is 3.43. The van der Waals surface area contributed by atoms with E-state index in [4.69, 9.17) is 4.74 Å². The second-order valence-electron chi connectivity index (χ2n) is 7.97. The Morgan fingerprint density at radius 3 is 2.52 bits per heavy atom. The standard InChI is InChI=1S/C23H32N4O2/c1-23(2,3)26-21(28)18-12-9-10-17(14-18)15-25-22(24-4)27(5)16-19-11-7-8-13-20(19)29-6/h7-14H,15-16H2,1-6H3,(H,24,25)(H,26,28). The van der Waals surface area contributed by atoms with Crippen molar-refractivity contribution in [2.24, 2.45) is 4.99 Å². The fraction of sp³-hybridized carbons (Fsp3) is 0.391. The largest absolute Gasteiger partial charge is 0.496 e. The van der Waals surface area contributed by atoms with Crippen LogP contribution in [0.4, 0.5) is 0 Å². The highest BCUT2D eigenvalue weighted by Crippen LogP contribution is 2.18. The Morgan fingerprint density at radius 2 is 1.86 bits per heavy atom. The van der Waals surface area contributed by atoms with E-state index < -0.39 is 0 Å². The van der Waals surface area contributed by atoms with Crippen molar-refractivity contribution in [2.75, 3.05) is 21.2 Å². The van der Waals surface area contributed by atoms with Gasteiger partial charge in [0.25, 0.3) is 5.91 Å². The number of methoxy groups -OCH3 is 1. The molecule has 2 aromatic rings. The van der Waals surface area contributed by atoms with E-state index in [9.17, 15) is 4.79 Å². The molecule has 0 aromatic heterocycles. The number of carbonyl (C=O) groups is 1. The van der Waals surface area contributed by atoms with E-state index in [2.05, 4.69) is 15.6 Å². The van der Waals surface area contributed by atoms with Gasteiger partial charge in [-0.05, 0) is 44.5 Å². The number of nitrogens with one attached hydrogen (secondary N) is 2. The summed E-state index contributed by atoms with van der Waals surface area (Å²) < 4.78 is 5.43. The van der Waals surface area contributed by atoms with Crippen molar-refractivity contribution in [3.63, 3.8) is 0 Å². The first-order valence-electron chi connectivity index (χ1n) is 9.68. The molecule has 0 saturated heterocycles. The number of amides is 1. The summed E-state index contributed by atoms with van der Waals surface area (Å²) >= 11 is 0. The van der Waals surface area contributed by atoms with Crippen LogP contribution in [-0.2, 0) is 13.1 Å². The number of ether oxygens (including phenoxy) is 1. The SMILES string of the molecule is CN=C(NCc1cccc(C(=O)NC(C)(C)C)c1)N(C)Cc1ccccc1OC. The minimum atomic E-state index is -0.269. The zero-order valence-corrected chi connectivity index (χ0v) is 18.2. The normalized spacial score (nSPS) is 11.7. The second-order valence-corrected chi connectivity index (χ2v) is 7.97. The molecule has 29 heavy (non-hydrogen) atoms. The zero-order chi connectivity index (χ0) is 21.4. The van der Waals surface area contributed by atoms with E-state index in [0.717, 1.165) is 22.8 Å². The van der Waals surface area contributed by atoms with E-state index in [1.807, 2.05) is 81.2 Å². The number of carbonyl (C=O) groups excluding carboxylic acids is 1. The van der Waals surface area contributed by atoms with Gasteiger partial charge in [0.2, 0.25) is 0 Å². The number of hydrogen-bond donors (Lipinski definition) is 2. The molecule has 0 heterocycles. The second kappa shape index (κ2) is 9.96. The van der Waals surface area contributed by atoms with Crippen molar-refractivity contribution in [3.05, 3.63) is 65.2 Å². The summed E-state index contributed by atoms with van der Waals surface area (Å²) in [6.45, 7) is 7.14. The molecule has 156 valence electrons. The summed E-state index contributed by atoms with van der Waals surface area (Å²) in [7, 11) is 5.41. The highest BCUT2D eigenvalue weighted by molar-refractivity contribution is 5.94. The first kappa shape index (κ1) is 22.3. The molecule has 0 saturated carbocycles. The lowest BCUT2D eigenvalue weighted by molar-refractivity contribution is 0.0919. The van der Waals surface area contributed by atoms with Gasteiger partial charge in [0.1, 0.15) is 5.75 Å². The Labute approximate surface area is 174 Å². The van der Waals surface area contributed by atoms with Gasteiger partial charge in [0.15, 0.2) is 5.96 Å². The summed E-state index contributed by atoms with van der Waals surface area (Å²) in [6.07, 6.45) is 0. The summed E-state index contributed by atoms with van der Waals surface area (Å²) in [5, 5.41) is 6.35. The number of aliphatic imine (C=N–C) groups is 1. The van der Waals surface area contributed by atoms with Crippen LogP contribution in [0.5, 0.6) is 5.75 Å². The van der Waals surface area contributed by atoms with Gasteiger partial charge in [-0.25, -0.2) is 0 Å². The third-order valence-corrected chi connectivity index (χ3v) is 4.30. The maximum atomic E-state index is 12.4. The van der Waals surface area contributed by atoms with Crippen LogP contribution in [0.25, 0.3) is 0 Å². The quantitative estimate of drug-likeness (QED) is 0.580. The van der Waals surface area contributed by atoms with Crippen LogP contribution >= 0.6 is 0 Å². The highest BCUT2D eigenvalue weighted by Gasteiger charge is 2.15. The van der Waals surface area contributed by atoms with Gasteiger partial charge in [-0.1, -0.05) is 30.3 Å². The van der Waals surface area contributed by atoms with Crippen LogP contribution in [0.2, 0.25) is 0 Å². The molecule has 0 fully saturated rings. The summed E-state index contributed by atoms with van der Waals surface area (Å²) in [5.41, 5.74) is 2.48. The van der Waals surface area contributed by atoms with Crippen LogP contribution in [0.15, 0.2) is 53.5 Å².